The highest BCUT2D eigenvalue weighted by Crippen LogP contribution is 2.07. The van der Waals surface area contributed by atoms with Gasteiger partial charge in [0.05, 0.1) is 12.3 Å². The molecule has 146 valence electrons. The van der Waals surface area contributed by atoms with Crippen LogP contribution in [0.2, 0.25) is 0 Å². The minimum Gasteiger partial charge on any atom is -0.475 e. The molecule has 0 unspecified atom stereocenters. The maximum Gasteiger partial charge on any atom is 0.341 e. The number of benzene rings is 1. The molecule has 0 aliphatic carbocycles. The van der Waals surface area contributed by atoms with Crippen LogP contribution in [0.5, 0.6) is 5.88 Å². The third-order valence-electron chi connectivity index (χ3n) is 4.08. The van der Waals surface area contributed by atoms with Gasteiger partial charge in [-0.05, 0) is 31.0 Å². The van der Waals surface area contributed by atoms with E-state index in [1.165, 1.54) is 12.8 Å². The second kappa shape index (κ2) is 11.9. The van der Waals surface area contributed by atoms with Crippen molar-refractivity contribution in [2.24, 2.45) is 4.99 Å². The number of amides is 2. The van der Waals surface area contributed by atoms with E-state index >= 15 is 0 Å². The zero-order chi connectivity index (χ0) is 19.3. The van der Waals surface area contributed by atoms with E-state index in [4.69, 9.17) is 4.74 Å². The van der Waals surface area contributed by atoms with Gasteiger partial charge in [-0.15, -0.1) is 5.10 Å². The Hall–Kier alpha value is -2.63. The van der Waals surface area contributed by atoms with Gasteiger partial charge in [-0.2, -0.15) is 4.99 Å². The molecule has 1 aromatic heterocycles. The molecule has 0 atom stereocenters. The van der Waals surface area contributed by atoms with E-state index in [0.717, 1.165) is 31.4 Å². The molecule has 0 fully saturated rings. The first kappa shape index (κ1) is 20.7. The highest BCUT2D eigenvalue weighted by Gasteiger charge is 2.06. The number of carbonyl (C=O) groups excluding carboxylic acids is 1. The zero-order valence-corrected chi connectivity index (χ0v) is 16.4. The lowest BCUT2D eigenvalue weighted by atomic mass is 10.2. The smallest absolute Gasteiger partial charge is 0.341 e. The summed E-state index contributed by atoms with van der Waals surface area (Å²) in [5.74, 6) is 0.371. The van der Waals surface area contributed by atoms with Crippen LogP contribution in [0.3, 0.4) is 0 Å². The van der Waals surface area contributed by atoms with Crippen molar-refractivity contribution in [3.05, 3.63) is 48.0 Å². The molecule has 0 radical (unpaired) electrons. The van der Waals surface area contributed by atoms with Crippen molar-refractivity contribution in [1.82, 2.24) is 15.1 Å². The molecule has 0 aliphatic heterocycles. The first-order valence-electron chi connectivity index (χ1n) is 9.85. The van der Waals surface area contributed by atoms with Crippen LogP contribution >= 0.6 is 0 Å². The van der Waals surface area contributed by atoms with Gasteiger partial charge in [0.25, 0.3) is 5.88 Å². The topological polar surface area (TPSA) is 68.5 Å². The Morgan fingerprint density at radius 2 is 1.85 bits per heavy atom. The molecule has 1 aromatic carbocycles. The molecular formula is C21H30N4O2. The van der Waals surface area contributed by atoms with Crippen molar-refractivity contribution in [3.8, 4) is 11.6 Å². The highest BCUT2D eigenvalue weighted by atomic mass is 16.5. The Morgan fingerprint density at radius 1 is 1.07 bits per heavy atom. The van der Waals surface area contributed by atoms with Crippen LogP contribution in [0, 0.1) is 0 Å². The number of carbonyl (C=O) groups is 1. The van der Waals surface area contributed by atoms with Crippen LogP contribution in [0.15, 0.2) is 47.6 Å². The number of hydrogen-bond acceptors (Lipinski definition) is 3. The summed E-state index contributed by atoms with van der Waals surface area (Å²) in [5, 5.41) is 7.79. The molecule has 2 amide bonds. The van der Waals surface area contributed by atoms with Gasteiger partial charge in [0.1, 0.15) is 5.36 Å². The highest BCUT2D eigenvalue weighted by molar-refractivity contribution is 5.74. The van der Waals surface area contributed by atoms with Crippen LogP contribution < -0.4 is 15.4 Å². The second-order valence-electron chi connectivity index (χ2n) is 6.39. The number of nitrogens with zero attached hydrogens (tertiary/aromatic N) is 3. The monoisotopic (exact) mass is 370 g/mol. The van der Waals surface area contributed by atoms with Gasteiger partial charge >= 0.3 is 6.03 Å². The van der Waals surface area contributed by atoms with Gasteiger partial charge < -0.3 is 10.1 Å². The molecule has 27 heavy (non-hydrogen) atoms. The van der Waals surface area contributed by atoms with E-state index in [9.17, 15) is 4.79 Å². The van der Waals surface area contributed by atoms with E-state index in [1.807, 2.05) is 30.3 Å². The molecule has 0 bridgehead atoms. The normalized spacial score (nSPS) is 11.4. The van der Waals surface area contributed by atoms with Crippen LogP contribution in [-0.4, -0.2) is 29.0 Å². The summed E-state index contributed by atoms with van der Waals surface area (Å²) < 4.78 is 7.52. The van der Waals surface area contributed by atoms with Crippen LogP contribution in [0.25, 0.3) is 5.69 Å². The lowest BCUT2D eigenvalue weighted by Gasteiger charge is -2.09. The Kier molecular flexibility index (Phi) is 9.10. The molecule has 0 saturated heterocycles. The quantitative estimate of drug-likeness (QED) is 0.636. The lowest BCUT2D eigenvalue weighted by molar-refractivity contribution is 0.247. The first-order valence-corrected chi connectivity index (χ1v) is 9.85. The van der Waals surface area contributed by atoms with E-state index in [0.29, 0.717) is 24.4 Å². The Balaban J connectivity index is 2.14. The molecule has 0 saturated carbocycles. The first-order chi connectivity index (χ1) is 13.2. The molecular weight excluding hydrogens is 340 g/mol. The summed E-state index contributed by atoms with van der Waals surface area (Å²) in [7, 11) is 0. The van der Waals surface area contributed by atoms with Gasteiger partial charge in [0.15, 0.2) is 0 Å². The molecule has 2 rings (SSSR count). The number of hydrogen-bond donors (Lipinski definition) is 1. The maximum atomic E-state index is 12.1. The van der Waals surface area contributed by atoms with Gasteiger partial charge in [0.2, 0.25) is 0 Å². The summed E-state index contributed by atoms with van der Waals surface area (Å²) in [6, 6.07) is 11.2. The summed E-state index contributed by atoms with van der Waals surface area (Å²) in [6.45, 7) is 5.45. The number of unbranched alkanes of at least 4 members (excludes halogenated alkanes) is 4. The summed E-state index contributed by atoms with van der Waals surface area (Å²) >= 11 is 0. The average molecular weight is 370 g/mol. The van der Waals surface area contributed by atoms with Crippen molar-refractivity contribution in [2.75, 3.05) is 13.2 Å². The third-order valence-corrected chi connectivity index (χ3v) is 4.08. The minimum atomic E-state index is -0.355. The maximum absolute atomic E-state index is 12.1. The van der Waals surface area contributed by atoms with E-state index < -0.39 is 0 Å². The number of para-hydroxylation sites is 1. The molecule has 1 heterocycles. The van der Waals surface area contributed by atoms with Crippen molar-refractivity contribution >= 4 is 6.03 Å². The standard InChI is InChI=1S/C21H30N4O2/c1-3-5-7-11-15-22-21(26)23-19-14-16-25(18-12-9-8-10-13-18)24-20(19)27-17-6-4-2/h8-10,12-14,16H,3-7,11,15,17H2,1-2H3,(H,22,26). The third kappa shape index (κ3) is 7.25. The zero-order valence-electron chi connectivity index (χ0n) is 16.4. The van der Waals surface area contributed by atoms with E-state index in [2.05, 4.69) is 29.3 Å². The number of rotatable bonds is 10. The minimum absolute atomic E-state index is 0.355. The van der Waals surface area contributed by atoms with Gasteiger partial charge in [-0.25, -0.2) is 9.48 Å². The van der Waals surface area contributed by atoms with Gasteiger partial charge in [0, 0.05) is 12.7 Å². The average Bonchev–Trinajstić information content (AvgIpc) is 2.70. The predicted octanol–water partition coefficient (Wildman–Crippen LogP) is 4.24. The fraction of sp³-hybridized carbons (Fsp3) is 0.476. The van der Waals surface area contributed by atoms with Crippen LogP contribution in [-0.2, 0) is 0 Å². The number of nitrogens with one attached hydrogen (secondary N) is 1. The van der Waals surface area contributed by atoms with Crippen LogP contribution in [0.1, 0.15) is 52.4 Å². The fourth-order valence-electron chi connectivity index (χ4n) is 2.52. The lowest BCUT2D eigenvalue weighted by Crippen LogP contribution is -2.25. The van der Waals surface area contributed by atoms with Crippen molar-refractivity contribution in [3.63, 3.8) is 0 Å². The second-order valence-corrected chi connectivity index (χ2v) is 6.39. The van der Waals surface area contributed by atoms with E-state index in [-0.39, 0.29) is 6.03 Å². The molecule has 6 heteroatoms. The number of aromatic nitrogens is 2. The van der Waals surface area contributed by atoms with Crippen molar-refractivity contribution in [2.45, 2.75) is 52.4 Å². The summed E-state index contributed by atoms with van der Waals surface area (Å²) in [5.41, 5.74) is 0.921. The Labute approximate surface area is 161 Å². The SMILES string of the molecule is CCCCCCNC(=O)N=c1ccn(-c2ccccc2)nc1OCCCC. The van der Waals surface area contributed by atoms with Gasteiger partial charge in [-0.3, -0.25) is 0 Å². The summed E-state index contributed by atoms with van der Waals surface area (Å²) in [4.78, 5) is 16.3. The molecule has 0 aliphatic rings. The Bertz CT molecular complexity index is 756. The predicted molar refractivity (Wildman–Crippen MR) is 107 cm³/mol. The Morgan fingerprint density at radius 3 is 2.59 bits per heavy atom. The summed E-state index contributed by atoms with van der Waals surface area (Å²) in [6.07, 6.45) is 8.18. The molecule has 1 N–H and O–H groups in total. The van der Waals surface area contributed by atoms with Crippen molar-refractivity contribution in [1.29, 1.82) is 0 Å². The van der Waals surface area contributed by atoms with Gasteiger partial charge in [-0.1, -0.05) is 57.7 Å². The molecule has 0 spiro atoms. The number of ether oxygens (including phenoxy) is 1. The number of urea groups is 1. The molecule has 2 aromatic rings. The van der Waals surface area contributed by atoms with E-state index in [1.54, 1.807) is 16.9 Å². The van der Waals surface area contributed by atoms with Crippen molar-refractivity contribution < 1.29 is 9.53 Å². The largest absolute Gasteiger partial charge is 0.475 e. The molecule has 6 nitrogen and oxygen atoms in total. The fourth-order valence-corrected chi connectivity index (χ4v) is 2.52. The van der Waals surface area contributed by atoms with Crippen LogP contribution in [0.4, 0.5) is 4.79 Å².